The number of hydrogen-bond donors (Lipinski definition) is 1. The Morgan fingerprint density at radius 3 is 2.24 bits per heavy atom. The summed E-state index contributed by atoms with van der Waals surface area (Å²) < 4.78 is 0. The molecule has 2 atom stereocenters. The lowest BCUT2D eigenvalue weighted by atomic mass is 10.0. The third kappa shape index (κ3) is 3.01. The van der Waals surface area contributed by atoms with Crippen LogP contribution in [-0.2, 0) is 4.79 Å². The number of hydrogen-bond acceptors (Lipinski definition) is 2. The summed E-state index contributed by atoms with van der Waals surface area (Å²) in [5, 5.41) is 3.55. The van der Waals surface area contributed by atoms with E-state index in [-0.39, 0.29) is 6.04 Å². The molecule has 98 valence electrons. The van der Waals surface area contributed by atoms with Crippen LogP contribution in [-0.4, -0.2) is 29.1 Å². The summed E-state index contributed by atoms with van der Waals surface area (Å²) >= 11 is 0. The summed E-state index contributed by atoms with van der Waals surface area (Å²) in [5.41, 5.74) is 0. The molecular formula is C14H26N2O. The first-order valence-electron chi connectivity index (χ1n) is 7.07. The third-order valence-electron chi connectivity index (χ3n) is 3.62. The summed E-state index contributed by atoms with van der Waals surface area (Å²) in [5.74, 6) is 1.57. The molecule has 0 aromatic rings. The second kappa shape index (κ2) is 4.97. The van der Waals surface area contributed by atoms with Crippen molar-refractivity contribution in [2.45, 2.75) is 71.6 Å². The zero-order chi connectivity index (χ0) is 12.6. The minimum atomic E-state index is 0.0688. The quantitative estimate of drug-likeness (QED) is 0.797. The van der Waals surface area contributed by atoms with Gasteiger partial charge in [-0.25, -0.2) is 0 Å². The molecule has 2 unspecified atom stereocenters. The Morgan fingerprint density at radius 2 is 1.76 bits per heavy atom. The number of carbonyl (C=O) groups is 1. The van der Waals surface area contributed by atoms with Gasteiger partial charge in [-0.1, -0.05) is 27.7 Å². The van der Waals surface area contributed by atoms with Crippen molar-refractivity contribution in [3.63, 3.8) is 0 Å². The monoisotopic (exact) mass is 238 g/mol. The van der Waals surface area contributed by atoms with Gasteiger partial charge in [0.05, 0.1) is 12.2 Å². The SMILES string of the molecule is CC(C)CC1NC(CC(C)C)N(C2CC2)C1=O. The predicted molar refractivity (Wildman–Crippen MR) is 69.5 cm³/mol. The van der Waals surface area contributed by atoms with Gasteiger partial charge in [-0.3, -0.25) is 10.1 Å². The number of carbonyl (C=O) groups excluding carboxylic acids is 1. The van der Waals surface area contributed by atoms with E-state index < -0.39 is 0 Å². The van der Waals surface area contributed by atoms with Crippen LogP contribution >= 0.6 is 0 Å². The van der Waals surface area contributed by atoms with Gasteiger partial charge in [0.15, 0.2) is 0 Å². The standard InChI is InChI=1S/C14H26N2O/c1-9(2)7-12-14(17)16(11-5-6-11)13(15-12)8-10(3)4/h9-13,15H,5-8H2,1-4H3. The Balaban J connectivity index is 2.02. The molecule has 0 spiro atoms. The maximum atomic E-state index is 12.4. The molecule has 2 aliphatic rings. The maximum absolute atomic E-state index is 12.4. The van der Waals surface area contributed by atoms with Crippen molar-refractivity contribution in [2.24, 2.45) is 11.8 Å². The Bertz CT molecular complexity index is 284. The van der Waals surface area contributed by atoms with Crippen molar-refractivity contribution in [1.82, 2.24) is 10.2 Å². The lowest BCUT2D eigenvalue weighted by molar-refractivity contribution is -0.131. The van der Waals surface area contributed by atoms with Gasteiger partial charge in [0, 0.05) is 6.04 Å². The van der Waals surface area contributed by atoms with Crippen LogP contribution in [0.15, 0.2) is 0 Å². The van der Waals surface area contributed by atoms with Gasteiger partial charge in [-0.2, -0.15) is 0 Å². The molecular weight excluding hydrogens is 212 g/mol. The lowest BCUT2D eigenvalue weighted by Crippen LogP contribution is -2.39. The Hall–Kier alpha value is -0.570. The van der Waals surface area contributed by atoms with Crippen LogP contribution in [0.1, 0.15) is 53.4 Å². The van der Waals surface area contributed by atoms with Crippen LogP contribution < -0.4 is 5.32 Å². The number of amides is 1. The van der Waals surface area contributed by atoms with Crippen LogP contribution in [0.2, 0.25) is 0 Å². The van der Waals surface area contributed by atoms with Gasteiger partial charge in [0.1, 0.15) is 0 Å². The van der Waals surface area contributed by atoms with Gasteiger partial charge in [0.25, 0.3) is 0 Å². The van der Waals surface area contributed by atoms with E-state index in [4.69, 9.17) is 0 Å². The van der Waals surface area contributed by atoms with Gasteiger partial charge in [0.2, 0.25) is 5.91 Å². The molecule has 1 heterocycles. The molecule has 1 saturated carbocycles. The first kappa shape index (κ1) is 12.9. The van der Waals surface area contributed by atoms with E-state index in [9.17, 15) is 4.79 Å². The summed E-state index contributed by atoms with van der Waals surface area (Å²) in [4.78, 5) is 14.5. The van der Waals surface area contributed by atoms with Gasteiger partial charge >= 0.3 is 0 Å². The molecule has 0 bridgehead atoms. The summed E-state index contributed by atoms with van der Waals surface area (Å²) in [6.45, 7) is 8.83. The van der Waals surface area contributed by atoms with Gasteiger partial charge < -0.3 is 4.90 Å². The highest BCUT2D eigenvalue weighted by atomic mass is 16.2. The van der Waals surface area contributed by atoms with Crippen LogP contribution in [0.4, 0.5) is 0 Å². The van der Waals surface area contributed by atoms with Crippen molar-refractivity contribution < 1.29 is 4.79 Å². The molecule has 1 aliphatic carbocycles. The zero-order valence-electron chi connectivity index (χ0n) is 11.6. The average Bonchev–Trinajstić information content (AvgIpc) is 2.95. The predicted octanol–water partition coefficient (Wildman–Crippen LogP) is 2.37. The lowest BCUT2D eigenvalue weighted by Gasteiger charge is -2.25. The first-order chi connectivity index (χ1) is 7.99. The second-order valence-corrected chi connectivity index (χ2v) is 6.47. The minimum Gasteiger partial charge on any atom is -0.323 e. The van der Waals surface area contributed by atoms with Gasteiger partial charge in [-0.05, 0) is 37.5 Å². The summed E-state index contributed by atoms with van der Waals surface area (Å²) in [6, 6.07) is 0.607. The van der Waals surface area contributed by atoms with E-state index in [2.05, 4.69) is 37.9 Å². The molecule has 1 N–H and O–H groups in total. The van der Waals surface area contributed by atoms with Crippen LogP contribution in [0.5, 0.6) is 0 Å². The fourth-order valence-electron chi connectivity index (χ4n) is 2.77. The highest BCUT2D eigenvalue weighted by Gasteiger charge is 2.45. The minimum absolute atomic E-state index is 0.0688. The normalized spacial score (nSPS) is 29.8. The Labute approximate surface area is 105 Å². The zero-order valence-corrected chi connectivity index (χ0v) is 11.6. The molecule has 0 aromatic carbocycles. The molecule has 1 aliphatic heterocycles. The highest BCUT2D eigenvalue weighted by molar-refractivity contribution is 5.85. The maximum Gasteiger partial charge on any atom is 0.241 e. The van der Waals surface area contributed by atoms with Crippen molar-refractivity contribution in [2.75, 3.05) is 0 Å². The number of nitrogens with zero attached hydrogens (tertiary/aromatic N) is 1. The fourth-order valence-corrected chi connectivity index (χ4v) is 2.77. The average molecular weight is 238 g/mol. The van der Waals surface area contributed by atoms with Crippen LogP contribution in [0, 0.1) is 11.8 Å². The fraction of sp³-hybridized carbons (Fsp3) is 0.929. The molecule has 2 rings (SSSR count). The topological polar surface area (TPSA) is 32.3 Å². The van der Waals surface area contributed by atoms with Crippen molar-refractivity contribution in [1.29, 1.82) is 0 Å². The van der Waals surface area contributed by atoms with E-state index >= 15 is 0 Å². The van der Waals surface area contributed by atoms with Gasteiger partial charge in [-0.15, -0.1) is 0 Å². The van der Waals surface area contributed by atoms with Crippen LogP contribution in [0.3, 0.4) is 0 Å². The van der Waals surface area contributed by atoms with Crippen molar-refractivity contribution in [3.8, 4) is 0 Å². The number of nitrogens with one attached hydrogen (secondary N) is 1. The van der Waals surface area contributed by atoms with E-state index in [1.165, 1.54) is 12.8 Å². The smallest absolute Gasteiger partial charge is 0.241 e. The van der Waals surface area contributed by atoms with E-state index in [0.717, 1.165) is 12.8 Å². The molecule has 3 heteroatoms. The van der Waals surface area contributed by atoms with Crippen LogP contribution in [0.25, 0.3) is 0 Å². The number of rotatable bonds is 5. The van der Waals surface area contributed by atoms with E-state index in [1.807, 2.05) is 0 Å². The largest absolute Gasteiger partial charge is 0.323 e. The molecule has 17 heavy (non-hydrogen) atoms. The summed E-state index contributed by atoms with van der Waals surface area (Å²) in [6.07, 6.45) is 4.75. The Morgan fingerprint density at radius 1 is 1.18 bits per heavy atom. The van der Waals surface area contributed by atoms with E-state index in [0.29, 0.717) is 30.0 Å². The van der Waals surface area contributed by atoms with Crippen molar-refractivity contribution in [3.05, 3.63) is 0 Å². The molecule has 0 aromatic heterocycles. The molecule has 3 nitrogen and oxygen atoms in total. The molecule has 1 saturated heterocycles. The molecule has 1 amide bonds. The molecule has 2 fully saturated rings. The van der Waals surface area contributed by atoms with Crippen molar-refractivity contribution >= 4 is 5.91 Å². The summed E-state index contributed by atoms with van der Waals surface area (Å²) in [7, 11) is 0. The third-order valence-corrected chi connectivity index (χ3v) is 3.62. The van der Waals surface area contributed by atoms with E-state index in [1.54, 1.807) is 0 Å². The first-order valence-corrected chi connectivity index (χ1v) is 7.07. The Kier molecular flexibility index (Phi) is 3.76. The second-order valence-electron chi connectivity index (χ2n) is 6.47. The molecule has 0 radical (unpaired) electrons. The highest BCUT2D eigenvalue weighted by Crippen LogP contribution is 2.34.